The third-order valence-corrected chi connectivity index (χ3v) is 2.36. The van der Waals surface area contributed by atoms with Crippen LogP contribution in [0, 0.1) is 0 Å². The molecule has 0 atom stereocenters. The van der Waals surface area contributed by atoms with Gasteiger partial charge in [0.25, 0.3) is 0 Å². The molecule has 0 unspecified atom stereocenters. The summed E-state index contributed by atoms with van der Waals surface area (Å²) < 4.78 is 6.83. The lowest BCUT2D eigenvalue weighted by Gasteiger charge is -2.07. The average Bonchev–Trinajstić information content (AvgIpc) is 2.73. The molecule has 0 aromatic carbocycles. The molecule has 96 valence electrons. The second kappa shape index (κ2) is 7.84. The highest BCUT2D eigenvalue weighted by atomic mass is 16.5. The first-order chi connectivity index (χ1) is 8.27. The van der Waals surface area contributed by atoms with E-state index in [0.717, 1.165) is 25.2 Å². The molecule has 0 saturated carbocycles. The molecule has 0 aliphatic rings. The molecular formula is C12H21N3O2. The van der Waals surface area contributed by atoms with Crippen molar-refractivity contribution in [3.63, 3.8) is 0 Å². The number of aromatic nitrogens is 2. The van der Waals surface area contributed by atoms with Crippen molar-refractivity contribution in [1.82, 2.24) is 15.1 Å². The Morgan fingerprint density at radius 1 is 1.53 bits per heavy atom. The molecule has 1 heterocycles. The topological polar surface area (TPSA) is 56.2 Å². The number of esters is 1. The zero-order chi connectivity index (χ0) is 12.5. The number of ether oxygens (including phenoxy) is 1. The van der Waals surface area contributed by atoms with Gasteiger partial charge in [-0.25, -0.2) is 0 Å². The van der Waals surface area contributed by atoms with Crippen molar-refractivity contribution in [3.05, 3.63) is 18.0 Å². The Hall–Kier alpha value is -1.36. The Kier molecular flexibility index (Phi) is 6.32. The van der Waals surface area contributed by atoms with Crippen LogP contribution in [-0.2, 0) is 22.6 Å². The summed E-state index contributed by atoms with van der Waals surface area (Å²) in [5.74, 6) is -0.151. The van der Waals surface area contributed by atoms with Gasteiger partial charge in [0, 0.05) is 25.8 Å². The van der Waals surface area contributed by atoms with Gasteiger partial charge >= 0.3 is 5.97 Å². The van der Waals surface area contributed by atoms with E-state index in [1.165, 1.54) is 0 Å². The number of nitrogens with zero attached hydrogens (tertiary/aromatic N) is 2. The molecule has 0 amide bonds. The van der Waals surface area contributed by atoms with Gasteiger partial charge in [0.05, 0.1) is 18.7 Å². The Morgan fingerprint density at radius 3 is 3.06 bits per heavy atom. The Bertz CT molecular complexity index is 336. The summed E-state index contributed by atoms with van der Waals surface area (Å²) in [6, 6.07) is 1.99. The summed E-state index contributed by atoms with van der Waals surface area (Å²) in [5.41, 5.74) is 1.15. The summed E-state index contributed by atoms with van der Waals surface area (Å²) in [4.78, 5) is 11.1. The highest BCUT2D eigenvalue weighted by Gasteiger charge is 2.03. The molecule has 0 spiro atoms. The molecule has 5 heteroatoms. The third-order valence-electron chi connectivity index (χ3n) is 2.36. The summed E-state index contributed by atoms with van der Waals surface area (Å²) in [7, 11) is 0. The first-order valence-electron chi connectivity index (χ1n) is 6.15. The van der Waals surface area contributed by atoms with Crippen molar-refractivity contribution in [2.75, 3.05) is 13.2 Å². The van der Waals surface area contributed by atoms with E-state index >= 15 is 0 Å². The lowest BCUT2D eigenvalue weighted by molar-refractivity contribution is -0.142. The van der Waals surface area contributed by atoms with E-state index in [-0.39, 0.29) is 5.97 Å². The number of nitrogens with one attached hydrogen (secondary N) is 1. The smallest absolute Gasteiger partial charge is 0.307 e. The van der Waals surface area contributed by atoms with Crippen LogP contribution >= 0.6 is 0 Å². The van der Waals surface area contributed by atoms with Crippen LogP contribution in [0.4, 0.5) is 0 Å². The van der Waals surface area contributed by atoms with Gasteiger partial charge in [-0.15, -0.1) is 0 Å². The molecule has 1 aromatic rings. The lowest BCUT2D eigenvalue weighted by Crippen LogP contribution is -2.21. The predicted molar refractivity (Wildman–Crippen MR) is 65.5 cm³/mol. The van der Waals surface area contributed by atoms with E-state index in [1.54, 1.807) is 6.20 Å². The maximum atomic E-state index is 11.1. The van der Waals surface area contributed by atoms with Gasteiger partial charge in [-0.3, -0.25) is 9.48 Å². The number of carbonyl (C=O) groups is 1. The van der Waals surface area contributed by atoms with Crippen molar-refractivity contribution in [1.29, 1.82) is 0 Å². The van der Waals surface area contributed by atoms with Gasteiger partial charge < -0.3 is 10.1 Å². The predicted octanol–water partition coefficient (Wildman–Crippen LogP) is 1.34. The van der Waals surface area contributed by atoms with E-state index in [9.17, 15) is 4.79 Å². The summed E-state index contributed by atoms with van der Waals surface area (Å²) >= 11 is 0. The van der Waals surface area contributed by atoms with Gasteiger partial charge in [-0.05, 0) is 19.4 Å². The first kappa shape index (κ1) is 13.7. The zero-order valence-corrected chi connectivity index (χ0v) is 10.6. The first-order valence-corrected chi connectivity index (χ1v) is 6.15. The number of aryl methyl sites for hydroxylation is 1. The van der Waals surface area contributed by atoms with Crippen molar-refractivity contribution >= 4 is 5.97 Å². The van der Waals surface area contributed by atoms with Gasteiger partial charge in [0.15, 0.2) is 0 Å². The molecule has 5 nitrogen and oxygen atoms in total. The Balaban J connectivity index is 2.21. The molecule has 17 heavy (non-hydrogen) atoms. The fourth-order valence-electron chi connectivity index (χ4n) is 1.56. The quantitative estimate of drug-likeness (QED) is 0.549. The molecule has 1 aromatic heterocycles. The van der Waals surface area contributed by atoms with Crippen LogP contribution in [0.5, 0.6) is 0 Å². The molecule has 1 rings (SSSR count). The molecule has 0 saturated heterocycles. The molecule has 0 aliphatic heterocycles. The molecule has 0 bridgehead atoms. The number of rotatable bonds is 8. The van der Waals surface area contributed by atoms with Crippen LogP contribution in [-0.4, -0.2) is 28.9 Å². The summed E-state index contributed by atoms with van der Waals surface area (Å²) in [6.07, 6.45) is 3.28. The van der Waals surface area contributed by atoms with Crippen LogP contribution in [0.2, 0.25) is 0 Å². The van der Waals surface area contributed by atoms with E-state index in [0.29, 0.717) is 19.6 Å². The number of carbonyl (C=O) groups excluding carboxylic acids is 1. The van der Waals surface area contributed by atoms with Crippen LogP contribution < -0.4 is 5.32 Å². The fraction of sp³-hybridized carbons (Fsp3) is 0.667. The fourth-order valence-corrected chi connectivity index (χ4v) is 1.56. The highest BCUT2D eigenvalue weighted by Crippen LogP contribution is 1.99. The summed E-state index contributed by atoms with van der Waals surface area (Å²) in [6.45, 7) is 6.69. The van der Waals surface area contributed by atoms with Crippen molar-refractivity contribution in [2.45, 2.75) is 39.8 Å². The van der Waals surface area contributed by atoms with Crippen molar-refractivity contribution < 1.29 is 9.53 Å². The normalized spacial score (nSPS) is 10.5. The standard InChI is InChI=1S/C12H21N3O2/c1-3-9-15-11(5-8-14-15)10-13-7-6-12(16)17-4-2/h5,8,13H,3-4,6-7,9-10H2,1-2H3. The lowest BCUT2D eigenvalue weighted by atomic mass is 10.3. The van der Waals surface area contributed by atoms with Crippen LogP contribution in [0.3, 0.4) is 0 Å². The minimum atomic E-state index is -0.151. The number of hydrogen-bond donors (Lipinski definition) is 1. The SMILES string of the molecule is CCCn1nccc1CNCCC(=O)OCC. The van der Waals surface area contributed by atoms with Crippen LogP contribution in [0.1, 0.15) is 32.4 Å². The van der Waals surface area contributed by atoms with Gasteiger partial charge in [0.1, 0.15) is 0 Å². The van der Waals surface area contributed by atoms with Crippen molar-refractivity contribution in [2.24, 2.45) is 0 Å². The van der Waals surface area contributed by atoms with Crippen molar-refractivity contribution in [3.8, 4) is 0 Å². The van der Waals surface area contributed by atoms with Gasteiger partial charge in [0.2, 0.25) is 0 Å². The number of hydrogen-bond acceptors (Lipinski definition) is 4. The second-order valence-corrected chi connectivity index (χ2v) is 3.78. The maximum absolute atomic E-state index is 11.1. The van der Waals surface area contributed by atoms with Gasteiger partial charge in [-0.1, -0.05) is 6.92 Å². The van der Waals surface area contributed by atoms with E-state index in [2.05, 4.69) is 17.3 Å². The van der Waals surface area contributed by atoms with E-state index in [4.69, 9.17) is 4.74 Å². The minimum absolute atomic E-state index is 0.151. The zero-order valence-electron chi connectivity index (χ0n) is 10.6. The average molecular weight is 239 g/mol. The minimum Gasteiger partial charge on any atom is -0.466 e. The molecule has 0 fully saturated rings. The molecule has 0 radical (unpaired) electrons. The third kappa shape index (κ3) is 4.99. The largest absolute Gasteiger partial charge is 0.466 e. The van der Waals surface area contributed by atoms with Crippen LogP contribution in [0.15, 0.2) is 12.3 Å². The van der Waals surface area contributed by atoms with Gasteiger partial charge in [-0.2, -0.15) is 5.10 Å². The van der Waals surface area contributed by atoms with E-state index < -0.39 is 0 Å². The highest BCUT2D eigenvalue weighted by molar-refractivity contribution is 5.69. The summed E-state index contributed by atoms with van der Waals surface area (Å²) in [5, 5.41) is 7.45. The Labute approximate surface area is 102 Å². The monoisotopic (exact) mass is 239 g/mol. The molecule has 1 N–H and O–H groups in total. The van der Waals surface area contributed by atoms with Crippen LogP contribution in [0.25, 0.3) is 0 Å². The maximum Gasteiger partial charge on any atom is 0.307 e. The molecular weight excluding hydrogens is 218 g/mol. The molecule has 0 aliphatic carbocycles. The Morgan fingerprint density at radius 2 is 2.35 bits per heavy atom. The second-order valence-electron chi connectivity index (χ2n) is 3.78. The van der Waals surface area contributed by atoms with E-state index in [1.807, 2.05) is 17.7 Å².